The molecule has 0 N–H and O–H groups in total. The number of aryl methyl sites for hydroxylation is 1. The number of fused-ring (bicyclic) bond motifs is 1. The molecular weight excluding hydrogens is 514 g/mol. The number of hydrogen-bond donors (Lipinski definition) is 0. The maximum Gasteiger partial charge on any atom is 0.264 e. The summed E-state index contributed by atoms with van der Waals surface area (Å²) in [7, 11) is 0. The van der Waals surface area contributed by atoms with Crippen LogP contribution >= 0.6 is 57.7 Å². The zero-order valence-electron chi connectivity index (χ0n) is 16.2. The Labute approximate surface area is 207 Å². The summed E-state index contributed by atoms with van der Waals surface area (Å²) in [4.78, 5) is 43.4. The molecule has 5 nitrogen and oxygen atoms in total. The largest absolute Gasteiger partial charge is 0.300 e. The van der Waals surface area contributed by atoms with Crippen molar-refractivity contribution in [1.29, 1.82) is 0 Å². The van der Waals surface area contributed by atoms with Gasteiger partial charge in [-0.05, 0) is 36.1 Å². The smallest absolute Gasteiger partial charge is 0.264 e. The molecule has 0 bridgehead atoms. The van der Waals surface area contributed by atoms with Gasteiger partial charge in [-0.3, -0.25) is 24.2 Å². The first-order valence-corrected chi connectivity index (χ1v) is 11.8. The highest BCUT2D eigenvalue weighted by Gasteiger charge is 2.58. The molecule has 1 fully saturated rings. The van der Waals surface area contributed by atoms with Gasteiger partial charge in [0.25, 0.3) is 17.7 Å². The number of anilines is 1. The van der Waals surface area contributed by atoms with Crippen molar-refractivity contribution in [3.63, 3.8) is 0 Å². The van der Waals surface area contributed by atoms with Crippen molar-refractivity contribution in [2.75, 3.05) is 4.90 Å². The van der Waals surface area contributed by atoms with E-state index in [2.05, 4.69) is 0 Å². The molecule has 2 atom stereocenters. The number of hydrogen-bond acceptors (Lipinski definition) is 4. The quantitative estimate of drug-likeness (QED) is 0.171. The van der Waals surface area contributed by atoms with Gasteiger partial charge in [-0.1, -0.05) is 64.6 Å². The molecule has 0 unspecified atom stereocenters. The number of benzene rings is 2. The molecule has 1 saturated heterocycles. The molecule has 3 aromatic rings. The van der Waals surface area contributed by atoms with Crippen LogP contribution in [0.5, 0.6) is 0 Å². The number of nitrogens with zero attached hydrogens (tertiary/aromatic N) is 2. The highest BCUT2D eigenvalue weighted by atomic mass is 35.5. The molecule has 3 amide bonds. The fraction of sp³-hybridized carbons (Fsp3) is 0.136. The first-order chi connectivity index (χ1) is 15.2. The second-order valence-corrected chi connectivity index (χ2v) is 9.93. The van der Waals surface area contributed by atoms with Crippen LogP contribution in [0.1, 0.15) is 37.2 Å². The Hall–Kier alpha value is -2.09. The molecule has 0 radical (unpaired) electrons. The summed E-state index contributed by atoms with van der Waals surface area (Å²) in [5, 5.41) is 1.32. The summed E-state index contributed by atoms with van der Waals surface area (Å²) in [5.41, 5.74) is 1.39. The lowest BCUT2D eigenvalue weighted by atomic mass is 9.90. The summed E-state index contributed by atoms with van der Waals surface area (Å²) in [6.07, 6.45) is 0. The zero-order chi connectivity index (χ0) is 22.9. The average Bonchev–Trinajstić information content (AvgIpc) is 3.37. The molecule has 5 rings (SSSR count). The van der Waals surface area contributed by atoms with E-state index in [4.69, 9.17) is 46.4 Å². The van der Waals surface area contributed by atoms with Gasteiger partial charge in [-0.15, -0.1) is 11.3 Å². The Balaban J connectivity index is 1.62. The van der Waals surface area contributed by atoms with Gasteiger partial charge in [0, 0.05) is 10.6 Å². The van der Waals surface area contributed by atoms with Crippen molar-refractivity contribution in [3.05, 3.63) is 83.4 Å². The molecule has 2 aromatic carbocycles. The number of thiophene rings is 1. The van der Waals surface area contributed by atoms with Crippen LogP contribution in [0.2, 0.25) is 20.1 Å². The number of amides is 3. The first-order valence-electron chi connectivity index (χ1n) is 9.41. The van der Waals surface area contributed by atoms with E-state index in [1.54, 1.807) is 4.90 Å². The van der Waals surface area contributed by atoms with Gasteiger partial charge in [0.15, 0.2) is 0 Å². The molecule has 32 heavy (non-hydrogen) atoms. The van der Waals surface area contributed by atoms with E-state index >= 15 is 0 Å². The van der Waals surface area contributed by atoms with Crippen molar-refractivity contribution in [3.8, 4) is 0 Å². The van der Waals surface area contributed by atoms with Crippen LogP contribution in [0.25, 0.3) is 0 Å². The number of carbonyl (C=O) groups excluding carboxylic acids is 3. The lowest BCUT2D eigenvalue weighted by Gasteiger charge is -2.49. The Morgan fingerprint density at radius 1 is 0.781 bits per heavy atom. The molecule has 2 aliphatic rings. The maximum absolute atomic E-state index is 13.4. The van der Waals surface area contributed by atoms with Gasteiger partial charge in [0.1, 0.15) is 12.1 Å². The normalized spacial score (nSPS) is 20.1. The van der Waals surface area contributed by atoms with E-state index < -0.39 is 23.9 Å². The Kier molecular flexibility index (Phi) is 5.26. The van der Waals surface area contributed by atoms with Gasteiger partial charge >= 0.3 is 0 Å². The minimum Gasteiger partial charge on any atom is -0.300 e. The third-order valence-corrected chi connectivity index (χ3v) is 8.34. The highest BCUT2D eigenvalue weighted by molar-refractivity contribution is 7.10. The number of rotatable bonds is 3. The molecule has 0 saturated carbocycles. The Morgan fingerprint density at radius 2 is 1.41 bits per heavy atom. The third kappa shape index (κ3) is 2.94. The predicted molar refractivity (Wildman–Crippen MR) is 126 cm³/mol. The second-order valence-electron chi connectivity index (χ2n) is 7.44. The maximum atomic E-state index is 13.4. The van der Waals surface area contributed by atoms with Crippen LogP contribution in [0.3, 0.4) is 0 Å². The van der Waals surface area contributed by atoms with Crippen molar-refractivity contribution >= 4 is 81.1 Å². The predicted octanol–water partition coefficient (Wildman–Crippen LogP) is 6.42. The van der Waals surface area contributed by atoms with Gasteiger partial charge < -0.3 is 0 Å². The van der Waals surface area contributed by atoms with E-state index in [9.17, 15) is 14.4 Å². The summed E-state index contributed by atoms with van der Waals surface area (Å²) in [6, 6.07) is 9.59. The molecule has 10 heteroatoms. The Bertz CT molecular complexity index is 1280. The fourth-order valence-electron chi connectivity index (χ4n) is 4.15. The van der Waals surface area contributed by atoms with E-state index in [0.29, 0.717) is 5.69 Å². The van der Waals surface area contributed by atoms with E-state index in [1.165, 1.54) is 11.3 Å². The number of carbonyl (C=O) groups is 3. The van der Waals surface area contributed by atoms with Crippen LogP contribution in [0, 0.1) is 6.92 Å². The SMILES string of the molecule is Cc1cccc(N2C(=O)[C@@H](N3C(=O)c4c(Cl)c(Cl)c(Cl)c(Cl)c4C3=O)[C@H]2c2cccs2)c1. The fourth-order valence-corrected chi connectivity index (χ4v) is 6.01. The van der Waals surface area contributed by atoms with E-state index in [-0.39, 0.29) is 37.1 Å². The topological polar surface area (TPSA) is 57.7 Å². The standard InChI is InChI=1S/C22H12Cl4N2O3S/c1-9-4-2-5-10(8-9)27-18(11-6-3-7-32-11)19(22(27)31)28-20(29)12-13(21(28)30)15(24)17(26)16(25)14(12)23/h2-8,18-19H,1H3/t18-,19+/m1/s1. The minimum atomic E-state index is -1.05. The number of halogens is 4. The minimum absolute atomic E-state index is 0.115. The zero-order valence-corrected chi connectivity index (χ0v) is 20.1. The van der Waals surface area contributed by atoms with Gasteiger partial charge in [0.05, 0.1) is 31.2 Å². The summed E-state index contributed by atoms with van der Waals surface area (Å²) < 4.78 is 0. The summed E-state index contributed by atoms with van der Waals surface area (Å²) in [6.45, 7) is 1.92. The molecule has 0 spiro atoms. The molecule has 2 aliphatic heterocycles. The first kappa shape index (κ1) is 21.7. The average molecular weight is 526 g/mol. The molecule has 1 aromatic heterocycles. The molecule has 3 heterocycles. The second kappa shape index (κ2) is 7.75. The van der Waals surface area contributed by atoms with Crippen LogP contribution in [-0.4, -0.2) is 28.7 Å². The summed E-state index contributed by atoms with van der Waals surface area (Å²) in [5.74, 6) is -1.83. The molecular formula is C22H12Cl4N2O3S. The van der Waals surface area contributed by atoms with Gasteiger partial charge in [-0.2, -0.15) is 0 Å². The van der Waals surface area contributed by atoms with E-state index in [0.717, 1.165) is 15.3 Å². The number of β-lactam (4-membered cyclic amide) rings is 1. The van der Waals surface area contributed by atoms with Crippen LogP contribution in [-0.2, 0) is 4.79 Å². The van der Waals surface area contributed by atoms with E-state index in [1.807, 2.05) is 48.7 Å². The lowest BCUT2D eigenvalue weighted by molar-refractivity contribution is -0.130. The Morgan fingerprint density at radius 3 is 1.94 bits per heavy atom. The van der Waals surface area contributed by atoms with Crippen molar-refractivity contribution in [1.82, 2.24) is 4.90 Å². The van der Waals surface area contributed by atoms with Crippen molar-refractivity contribution in [2.45, 2.75) is 19.0 Å². The van der Waals surface area contributed by atoms with Gasteiger partial charge in [-0.25, -0.2) is 0 Å². The molecule has 162 valence electrons. The van der Waals surface area contributed by atoms with Crippen LogP contribution in [0.15, 0.2) is 41.8 Å². The number of imide groups is 1. The van der Waals surface area contributed by atoms with Crippen molar-refractivity contribution < 1.29 is 14.4 Å². The molecule has 0 aliphatic carbocycles. The van der Waals surface area contributed by atoms with Crippen molar-refractivity contribution in [2.24, 2.45) is 0 Å². The third-order valence-electron chi connectivity index (χ3n) is 5.59. The highest BCUT2D eigenvalue weighted by Crippen LogP contribution is 2.49. The summed E-state index contributed by atoms with van der Waals surface area (Å²) >= 11 is 26.2. The monoisotopic (exact) mass is 524 g/mol. The van der Waals surface area contributed by atoms with Crippen LogP contribution in [0.4, 0.5) is 5.69 Å². The van der Waals surface area contributed by atoms with Crippen LogP contribution < -0.4 is 4.90 Å². The van der Waals surface area contributed by atoms with Gasteiger partial charge in [0.2, 0.25) is 0 Å². The lowest BCUT2D eigenvalue weighted by Crippen LogP contribution is -2.67.